The Balaban J connectivity index is 1.24. The number of anilines is 1. The summed E-state index contributed by atoms with van der Waals surface area (Å²) in [4.78, 5) is 44.4. The number of benzene rings is 4. The van der Waals surface area contributed by atoms with Gasteiger partial charge in [0.2, 0.25) is 5.91 Å². The molecule has 0 aliphatic carbocycles. The molecule has 0 unspecified atom stereocenters. The van der Waals surface area contributed by atoms with Crippen LogP contribution in [0.2, 0.25) is 0 Å². The van der Waals surface area contributed by atoms with Gasteiger partial charge in [0.1, 0.15) is 23.3 Å². The highest BCUT2D eigenvalue weighted by molar-refractivity contribution is 8.00. The highest BCUT2D eigenvalue weighted by Crippen LogP contribution is 2.49. The maximum atomic E-state index is 14.1. The summed E-state index contributed by atoms with van der Waals surface area (Å²) >= 11 is 1.49. The molecule has 0 spiro atoms. The third-order valence-corrected chi connectivity index (χ3v) is 12.1. The lowest BCUT2D eigenvalue weighted by Gasteiger charge is -2.37. The Morgan fingerprint density at radius 1 is 0.962 bits per heavy atom. The Labute approximate surface area is 307 Å². The van der Waals surface area contributed by atoms with Crippen molar-refractivity contribution in [1.29, 1.82) is 5.26 Å². The number of hydrogen-bond donors (Lipinski definition) is 1. The van der Waals surface area contributed by atoms with Gasteiger partial charge in [-0.25, -0.2) is 4.79 Å². The number of thioether (sulfide) groups is 1. The zero-order valence-corrected chi connectivity index (χ0v) is 30.1. The van der Waals surface area contributed by atoms with E-state index in [4.69, 9.17) is 10.2 Å². The number of aryl methyl sites for hydroxylation is 3. The third kappa shape index (κ3) is 6.18. The summed E-state index contributed by atoms with van der Waals surface area (Å²) in [6, 6.07) is 33.1. The van der Waals surface area contributed by atoms with E-state index in [9.17, 15) is 19.6 Å². The smallest absolute Gasteiger partial charge is 0.343 e. The predicted molar refractivity (Wildman–Crippen MR) is 207 cm³/mol. The number of nitriles is 1. The van der Waals surface area contributed by atoms with E-state index in [1.807, 2.05) is 67.6 Å². The Hall–Kier alpha value is -5.59. The lowest BCUT2D eigenvalue weighted by molar-refractivity contribution is -0.133. The first-order valence-corrected chi connectivity index (χ1v) is 18.6. The van der Waals surface area contributed by atoms with Crippen molar-refractivity contribution in [2.24, 2.45) is 5.73 Å². The molecule has 9 heteroatoms. The lowest BCUT2D eigenvalue weighted by Crippen LogP contribution is -2.48. The van der Waals surface area contributed by atoms with Crippen molar-refractivity contribution in [1.82, 2.24) is 4.90 Å². The number of carbonyl (C=O) groups is 2. The standard InChI is InChI=1S/C43H40N4O4S/c1-28-35-24-29-14-12-22-47-23-13-21-34(38(29)47)39(35)51-42(50)36(28)25-30(26-44)41(49)46(2)37(40(45)48)27-52-43(31-15-6-3-7-16-31,32-17-8-4-9-18-32)33-19-10-5-11-20-33/h3-11,15-20,24-25,37H,12-14,21-23,27H2,1-2H3,(H2,45,48)/b30-25+/t37-/m0/s1. The summed E-state index contributed by atoms with van der Waals surface area (Å²) in [5.74, 6) is -1.30. The fourth-order valence-corrected chi connectivity index (χ4v) is 9.52. The van der Waals surface area contributed by atoms with Crippen LogP contribution in [0.4, 0.5) is 5.69 Å². The molecule has 5 aromatic rings. The number of nitrogens with two attached hydrogens (primary N) is 1. The Bertz CT molecular complexity index is 2180. The number of amides is 2. The van der Waals surface area contributed by atoms with Crippen LogP contribution >= 0.6 is 11.8 Å². The zero-order chi connectivity index (χ0) is 36.4. The first kappa shape index (κ1) is 34.8. The zero-order valence-electron chi connectivity index (χ0n) is 29.3. The van der Waals surface area contributed by atoms with Crippen LogP contribution < -0.4 is 16.3 Å². The van der Waals surface area contributed by atoms with Crippen molar-refractivity contribution in [2.75, 3.05) is 30.8 Å². The van der Waals surface area contributed by atoms with Gasteiger partial charge in [-0.05, 0) is 72.6 Å². The van der Waals surface area contributed by atoms with E-state index >= 15 is 0 Å². The average molecular weight is 709 g/mol. The number of rotatable bonds is 10. The van der Waals surface area contributed by atoms with E-state index < -0.39 is 28.2 Å². The topological polar surface area (TPSA) is 121 Å². The van der Waals surface area contributed by atoms with Crippen molar-refractivity contribution in [3.05, 3.63) is 152 Å². The Morgan fingerprint density at radius 3 is 2.06 bits per heavy atom. The minimum atomic E-state index is -1.08. The average Bonchev–Trinajstić information content (AvgIpc) is 3.18. The summed E-state index contributed by atoms with van der Waals surface area (Å²) < 4.78 is 5.22. The number of carbonyl (C=O) groups excluding carboxylic acids is 2. The van der Waals surface area contributed by atoms with Crippen molar-refractivity contribution in [3.8, 4) is 6.07 Å². The van der Waals surface area contributed by atoms with E-state index in [1.54, 1.807) is 0 Å². The van der Waals surface area contributed by atoms with Crippen molar-refractivity contribution in [3.63, 3.8) is 0 Å². The number of hydrogen-bond acceptors (Lipinski definition) is 7. The second-order valence-electron chi connectivity index (χ2n) is 13.5. The van der Waals surface area contributed by atoms with Crippen LogP contribution in [-0.4, -0.2) is 48.6 Å². The van der Waals surface area contributed by atoms with E-state index in [1.165, 1.54) is 41.0 Å². The minimum Gasteiger partial charge on any atom is -0.422 e. The van der Waals surface area contributed by atoms with Gasteiger partial charge in [-0.1, -0.05) is 91.0 Å². The monoisotopic (exact) mass is 708 g/mol. The lowest BCUT2D eigenvalue weighted by atomic mass is 9.84. The van der Waals surface area contributed by atoms with Crippen LogP contribution in [0.25, 0.3) is 17.0 Å². The van der Waals surface area contributed by atoms with Crippen molar-refractivity contribution in [2.45, 2.75) is 43.4 Å². The minimum absolute atomic E-state index is 0.122. The SMILES string of the molecule is Cc1c(/C=C(\C#N)C(=O)N(C)[C@@H](CSC(c2ccccc2)(c2ccccc2)c2ccccc2)C(N)=O)c(=O)oc2c3c4c(cc12)CCCN4CCC3. The number of primary amides is 1. The molecule has 3 heterocycles. The van der Waals surface area contributed by atoms with Gasteiger partial charge in [-0.15, -0.1) is 11.8 Å². The van der Waals surface area contributed by atoms with E-state index in [-0.39, 0.29) is 16.9 Å². The molecular formula is C43H40N4O4S. The fraction of sp³-hybridized carbons (Fsp3) is 0.256. The number of nitrogens with zero attached hydrogens (tertiary/aromatic N) is 3. The van der Waals surface area contributed by atoms with Gasteiger partial charge in [0.15, 0.2) is 0 Å². The molecule has 2 amide bonds. The number of likely N-dealkylation sites (N-methyl/N-ethyl adjacent to an activating group) is 1. The second kappa shape index (κ2) is 14.6. The molecule has 2 aliphatic heterocycles. The normalized spacial score (nSPS) is 14.7. The van der Waals surface area contributed by atoms with Crippen LogP contribution in [0, 0.1) is 18.3 Å². The molecule has 4 aromatic carbocycles. The van der Waals surface area contributed by atoms with Gasteiger partial charge in [-0.3, -0.25) is 9.59 Å². The van der Waals surface area contributed by atoms with Crippen LogP contribution in [0.3, 0.4) is 0 Å². The molecule has 1 atom stereocenters. The van der Waals surface area contributed by atoms with Gasteiger partial charge in [0.25, 0.3) is 5.91 Å². The second-order valence-corrected chi connectivity index (χ2v) is 14.7. The van der Waals surface area contributed by atoms with Gasteiger partial charge in [0, 0.05) is 42.5 Å². The number of fused-ring (bicyclic) bond motifs is 2. The predicted octanol–water partition coefficient (Wildman–Crippen LogP) is 6.74. The van der Waals surface area contributed by atoms with Crippen molar-refractivity contribution >= 4 is 46.3 Å². The molecule has 1 aromatic heterocycles. The Kier molecular flexibility index (Phi) is 9.76. The Morgan fingerprint density at radius 2 is 1.52 bits per heavy atom. The first-order valence-electron chi connectivity index (χ1n) is 17.6. The highest BCUT2D eigenvalue weighted by Gasteiger charge is 2.39. The van der Waals surface area contributed by atoms with E-state index in [0.29, 0.717) is 11.1 Å². The molecule has 52 heavy (non-hydrogen) atoms. The van der Waals surface area contributed by atoms with Crippen LogP contribution in [-0.2, 0) is 27.2 Å². The molecule has 0 saturated heterocycles. The molecule has 7 rings (SSSR count). The fourth-order valence-electron chi connectivity index (χ4n) is 7.81. The van der Waals surface area contributed by atoms with E-state index in [2.05, 4.69) is 47.4 Å². The third-order valence-electron chi connectivity index (χ3n) is 10.4. The van der Waals surface area contributed by atoms with Gasteiger partial charge >= 0.3 is 5.63 Å². The summed E-state index contributed by atoms with van der Waals surface area (Å²) in [5, 5.41) is 11.1. The summed E-state index contributed by atoms with van der Waals surface area (Å²) in [5.41, 5.74) is 12.9. The quantitative estimate of drug-likeness (QED) is 0.0738. The molecule has 262 valence electrons. The van der Waals surface area contributed by atoms with Crippen LogP contribution in [0.5, 0.6) is 0 Å². The largest absolute Gasteiger partial charge is 0.422 e. The molecule has 0 radical (unpaired) electrons. The summed E-state index contributed by atoms with van der Waals surface area (Å²) in [6.45, 7) is 3.82. The molecule has 2 aliphatic rings. The van der Waals surface area contributed by atoms with Gasteiger partial charge in [-0.2, -0.15) is 5.26 Å². The molecule has 0 saturated carbocycles. The highest BCUT2D eigenvalue weighted by atomic mass is 32.2. The van der Waals surface area contributed by atoms with Gasteiger partial charge in [0.05, 0.1) is 10.3 Å². The maximum Gasteiger partial charge on any atom is 0.343 e. The maximum absolute atomic E-state index is 14.1. The van der Waals surface area contributed by atoms with Crippen LogP contribution in [0.15, 0.2) is 112 Å². The molecule has 0 fully saturated rings. The van der Waals surface area contributed by atoms with Crippen molar-refractivity contribution < 1.29 is 14.0 Å². The molecule has 8 nitrogen and oxygen atoms in total. The summed E-state index contributed by atoms with van der Waals surface area (Å²) in [6.07, 6.45) is 5.11. The molecular weight excluding hydrogens is 669 g/mol. The van der Waals surface area contributed by atoms with Gasteiger partial charge < -0.3 is 20.0 Å². The van der Waals surface area contributed by atoms with E-state index in [0.717, 1.165) is 66.4 Å². The molecule has 0 bridgehead atoms. The summed E-state index contributed by atoms with van der Waals surface area (Å²) in [7, 11) is 1.47. The van der Waals surface area contributed by atoms with Crippen LogP contribution in [0.1, 0.15) is 51.8 Å². The first-order chi connectivity index (χ1) is 25.2. The molecule has 2 N–H and O–H groups in total.